The fraction of sp³-hybridized carbons (Fsp3) is 0.312. The Balaban J connectivity index is 1.88. The van der Waals surface area contributed by atoms with Gasteiger partial charge in [0.15, 0.2) is 6.61 Å². The second-order valence-electron chi connectivity index (χ2n) is 4.58. The van der Waals surface area contributed by atoms with E-state index in [9.17, 15) is 4.79 Å². The Kier molecular flexibility index (Phi) is 5.18. The zero-order valence-corrected chi connectivity index (χ0v) is 12.7. The van der Waals surface area contributed by atoms with Crippen molar-refractivity contribution in [2.75, 3.05) is 13.7 Å². The lowest BCUT2D eigenvalue weighted by Gasteiger charge is -2.17. The van der Waals surface area contributed by atoms with Gasteiger partial charge in [-0.1, -0.05) is 31.2 Å². The number of nitrogens with zero attached hydrogens (tertiary/aromatic N) is 1. The second kappa shape index (κ2) is 7.10. The Morgan fingerprint density at radius 1 is 1.25 bits per heavy atom. The third kappa shape index (κ3) is 3.84. The number of amides is 1. The quantitative estimate of drug-likeness (QED) is 0.816. The van der Waals surface area contributed by atoms with E-state index in [2.05, 4.69) is 6.92 Å². The summed E-state index contributed by atoms with van der Waals surface area (Å²) in [6.45, 7) is 2.79. The fourth-order valence-corrected chi connectivity index (χ4v) is 2.67. The number of carbonyl (C=O) groups is 1. The summed E-state index contributed by atoms with van der Waals surface area (Å²) in [4.78, 5) is 14.9. The van der Waals surface area contributed by atoms with E-state index in [1.54, 1.807) is 23.3 Å². The number of likely N-dealkylation sites (N-methyl/N-ethyl adjacent to an activating group) is 1. The van der Waals surface area contributed by atoms with E-state index >= 15 is 0 Å². The van der Waals surface area contributed by atoms with Crippen LogP contribution >= 0.6 is 11.3 Å². The lowest BCUT2D eigenvalue weighted by Crippen LogP contribution is -2.30. The molecule has 0 radical (unpaired) electrons. The number of hydrogen-bond donors (Lipinski definition) is 0. The highest BCUT2D eigenvalue weighted by molar-refractivity contribution is 7.09. The van der Waals surface area contributed by atoms with Crippen LogP contribution in [-0.2, 0) is 17.8 Å². The maximum absolute atomic E-state index is 12.0. The molecular weight excluding hydrogens is 270 g/mol. The molecule has 1 aromatic heterocycles. The molecule has 0 aliphatic carbocycles. The summed E-state index contributed by atoms with van der Waals surface area (Å²) in [5, 5.41) is 2.02. The summed E-state index contributed by atoms with van der Waals surface area (Å²) in [5.74, 6) is 0.789. The van der Waals surface area contributed by atoms with Gasteiger partial charge < -0.3 is 9.64 Å². The molecule has 0 aliphatic heterocycles. The Morgan fingerprint density at radius 3 is 2.75 bits per heavy atom. The van der Waals surface area contributed by atoms with Gasteiger partial charge in [0.2, 0.25) is 0 Å². The van der Waals surface area contributed by atoms with Crippen molar-refractivity contribution in [3.63, 3.8) is 0 Å². The second-order valence-corrected chi connectivity index (χ2v) is 5.61. The Bertz CT molecular complexity index is 551. The van der Waals surface area contributed by atoms with Crippen LogP contribution in [0.3, 0.4) is 0 Å². The molecule has 1 heterocycles. The molecule has 0 bridgehead atoms. The maximum atomic E-state index is 12.0. The van der Waals surface area contributed by atoms with Crippen molar-refractivity contribution in [1.82, 2.24) is 4.90 Å². The molecule has 0 spiro atoms. The first-order chi connectivity index (χ1) is 9.70. The minimum Gasteiger partial charge on any atom is -0.483 e. The highest BCUT2D eigenvalue weighted by Gasteiger charge is 2.11. The van der Waals surface area contributed by atoms with Crippen LogP contribution in [0.15, 0.2) is 41.8 Å². The van der Waals surface area contributed by atoms with Gasteiger partial charge in [0.05, 0.1) is 6.54 Å². The van der Waals surface area contributed by atoms with Crippen LogP contribution in [0.1, 0.15) is 17.4 Å². The van der Waals surface area contributed by atoms with E-state index in [0.717, 1.165) is 17.7 Å². The van der Waals surface area contributed by atoms with Gasteiger partial charge in [-0.25, -0.2) is 0 Å². The van der Waals surface area contributed by atoms with Crippen LogP contribution in [0.5, 0.6) is 5.75 Å². The number of ether oxygens (including phenoxy) is 1. The molecular formula is C16H19NO2S. The van der Waals surface area contributed by atoms with Crippen molar-refractivity contribution in [3.05, 3.63) is 52.2 Å². The van der Waals surface area contributed by atoms with E-state index < -0.39 is 0 Å². The van der Waals surface area contributed by atoms with Crippen LogP contribution in [0.4, 0.5) is 0 Å². The van der Waals surface area contributed by atoms with Crippen molar-refractivity contribution >= 4 is 17.2 Å². The number of benzene rings is 1. The van der Waals surface area contributed by atoms with Crippen LogP contribution in [0, 0.1) is 0 Å². The number of rotatable bonds is 6. The zero-order chi connectivity index (χ0) is 14.4. The molecule has 1 aromatic carbocycles. The first kappa shape index (κ1) is 14.6. The largest absolute Gasteiger partial charge is 0.483 e. The van der Waals surface area contributed by atoms with Gasteiger partial charge in [0, 0.05) is 11.9 Å². The average molecular weight is 289 g/mol. The van der Waals surface area contributed by atoms with Crippen molar-refractivity contribution in [3.8, 4) is 5.75 Å². The van der Waals surface area contributed by atoms with E-state index in [0.29, 0.717) is 6.54 Å². The highest BCUT2D eigenvalue weighted by atomic mass is 32.1. The van der Waals surface area contributed by atoms with Gasteiger partial charge in [0.25, 0.3) is 5.91 Å². The predicted molar refractivity (Wildman–Crippen MR) is 82.1 cm³/mol. The summed E-state index contributed by atoms with van der Waals surface area (Å²) < 4.78 is 5.64. The minimum atomic E-state index is -0.00990. The summed E-state index contributed by atoms with van der Waals surface area (Å²) in [5.41, 5.74) is 1.13. The normalized spacial score (nSPS) is 10.3. The van der Waals surface area contributed by atoms with Crippen LogP contribution in [0.25, 0.3) is 0 Å². The summed E-state index contributed by atoms with van der Waals surface area (Å²) in [7, 11) is 1.80. The van der Waals surface area contributed by atoms with E-state index in [1.165, 1.54) is 4.88 Å². The molecule has 3 nitrogen and oxygen atoms in total. The SMILES string of the molecule is CCc1ccccc1OCC(=O)N(C)Cc1cccs1. The molecule has 0 aliphatic rings. The van der Waals surface area contributed by atoms with Gasteiger partial charge in [-0.05, 0) is 29.5 Å². The lowest BCUT2D eigenvalue weighted by atomic mass is 10.1. The molecule has 2 aromatic rings. The molecule has 0 fully saturated rings. The highest BCUT2D eigenvalue weighted by Crippen LogP contribution is 2.18. The van der Waals surface area contributed by atoms with Crippen molar-refractivity contribution in [1.29, 1.82) is 0 Å². The Morgan fingerprint density at radius 2 is 2.05 bits per heavy atom. The molecule has 2 rings (SSSR count). The zero-order valence-electron chi connectivity index (χ0n) is 11.8. The topological polar surface area (TPSA) is 29.5 Å². The molecule has 20 heavy (non-hydrogen) atoms. The molecule has 0 atom stereocenters. The van der Waals surface area contributed by atoms with Crippen molar-refractivity contribution < 1.29 is 9.53 Å². The Hall–Kier alpha value is -1.81. The molecule has 0 N–H and O–H groups in total. The van der Waals surface area contributed by atoms with Crippen LogP contribution in [0.2, 0.25) is 0 Å². The molecule has 106 valence electrons. The van der Waals surface area contributed by atoms with Gasteiger partial charge >= 0.3 is 0 Å². The standard InChI is InChI=1S/C16H19NO2S/c1-3-13-7-4-5-9-15(13)19-12-16(18)17(2)11-14-8-6-10-20-14/h4-10H,3,11-12H2,1-2H3. The first-order valence-corrected chi connectivity index (χ1v) is 7.55. The number of carbonyl (C=O) groups excluding carboxylic acids is 1. The Labute approximate surface area is 123 Å². The maximum Gasteiger partial charge on any atom is 0.260 e. The molecule has 0 saturated carbocycles. The van der Waals surface area contributed by atoms with Crippen LogP contribution < -0.4 is 4.74 Å². The number of hydrogen-bond acceptors (Lipinski definition) is 3. The summed E-state index contributed by atoms with van der Waals surface area (Å²) >= 11 is 1.65. The predicted octanol–water partition coefficient (Wildman–Crippen LogP) is 3.35. The van der Waals surface area contributed by atoms with Crippen LogP contribution in [-0.4, -0.2) is 24.5 Å². The van der Waals surface area contributed by atoms with E-state index in [1.807, 2.05) is 41.8 Å². The van der Waals surface area contributed by atoms with E-state index in [-0.39, 0.29) is 12.5 Å². The molecule has 1 amide bonds. The van der Waals surface area contributed by atoms with Gasteiger partial charge in [-0.3, -0.25) is 4.79 Å². The number of thiophene rings is 1. The first-order valence-electron chi connectivity index (χ1n) is 6.67. The van der Waals surface area contributed by atoms with Gasteiger partial charge in [0.1, 0.15) is 5.75 Å². The average Bonchev–Trinajstić information content (AvgIpc) is 2.97. The smallest absolute Gasteiger partial charge is 0.260 e. The minimum absolute atomic E-state index is 0.00990. The molecule has 0 saturated heterocycles. The number of aryl methyl sites for hydroxylation is 1. The number of para-hydroxylation sites is 1. The molecule has 4 heteroatoms. The lowest BCUT2D eigenvalue weighted by molar-refractivity contribution is -0.132. The fourth-order valence-electron chi connectivity index (χ4n) is 1.91. The monoisotopic (exact) mass is 289 g/mol. The third-order valence-electron chi connectivity index (χ3n) is 3.10. The van der Waals surface area contributed by atoms with Crippen molar-refractivity contribution in [2.45, 2.75) is 19.9 Å². The molecule has 0 unspecified atom stereocenters. The van der Waals surface area contributed by atoms with E-state index in [4.69, 9.17) is 4.74 Å². The summed E-state index contributed by atoms with van der Waals surface area (Å²) in [6.07, 6.45) is 0.898. The van der Waals surface area contributed by atoms with Crippen molar-refractivity contribution in [2.24, 2.45) is 0 Å². The van der Waals surface area contributed by atoms with Gasteiger partial charge in [-0.2, -0.15) is 0 Å². The van der Waals surface area contributed by atoms with Gasteiger partial charge in [-0.15, -0.1) is 11.3 Å². The summed E-state index contributed by atoms with van der Waals surface area (Å²) in [6, 6.07) is 11.9. The third-order valence-corrected chi connectivity index (χ3v) is 3.96.